The Morgan fingerprint density at radius 1 is 0.429 bits per heavy atom. The average molecular weight is 806 g/mol. The highest BCUT2D eigenvalue weighted by atomic mass is 32.1. The van der Waals surface area contributed by atoms with Crippen molar-refractivity contribution in [2.75, 3.05) is 0 Å². The zero-order valence-corrected chi connectivity index (χ0v) is 34.2. The molecule has 0 fully saturated rings. The highest BCUT2D eigenvalue weighted by Gasteiger charge is 2.24. The third kappa shape index (κ3) is 5.81. The summed E-state index contributed by atoms with van der Waals surface area (Å²) in [4.78, 5) is 14.9. The van der Waals surface area contributed by atoms with Crippen LogP contribution in [0.5, 0.6) is 0 Å². The van der Waals surface area contributed by atoms with Crippen molar-refractivity contribution in [1.29, 1.82) is 0 Å². The first-order chi connectivity index (χ1) is 30.7. The van der Waals surface area contributed by atoms with Gasteiger partial charge in [0.25, 0.3) is 0 Å². The fourth-order valence-corrected chi connectivity index (χ4v) is 10.2. The minimum absolute atomic E-state index is 0.327. The van der Waals surface area contributed by atoms with E-state index in [1.807, 2.05) is 77.4 Å². The minimum atomic E-state index is 0.327. The lowest BCUT2D eigenvalue weighted by Gasteiger charge is -2.16. The number of furan rings is 1. The van der Waals surface area contributed by atoms with Crippen LogP contribution in [0.1, 0.15) is 0 Å². The van der Waals surface area contributed by atoms with Gasteiger partial charge in [-0.25, -0.2) is 15.0 Å². The van der Waals surface area contributed by atoms with Crippen LogP contribution in [-0.2, 0) is 0 Å². The van der Waals surface area contributed by atoms with Gasteiger partial charge in [-0.1, -0.05) is 131 Å². The molecule has 0 aliphatic carbocycles. The van der Waals surface area contributed by atoms with Gasteiger partial charge in [0.05, 0.1) is 0 Å². The van der Waals surface area contributed by atoms with Gasteiger partial charge in [0, 0.05) is 69.9 Å². The summed E-state index contributed by atoms with van der Waals surface area (Å²) in [7, 11) is 40.2. The molecule has 0 aliphatic heterocycles. The second-order valence-electron chi connectivity index (χ2n) is 15.7. The molecule has 0 unspecified atom stereocenters. The van der Waals surface area contributed by atoms with Crippen LogP contribution in [0.4, 0.5) is 0 Å². The fourth-order valence-electron chi connectivity index (χ4n) is 9.09. The predicted octanol–water partition coefficient (Wildman–Crippen LogP) is 6.67. The van der Waals surface area contributed by atoms with Crippen molar-refractivity contribution in [2.24, 2.45) is 0 Å². The first-order valence-electron chi connectivity index (χ1n) is 20.3. The fraction of sp³-hybridized carbons (Fsp3) is 0. The molecule has 0 bridgehead atoms. The largest absolute Gasteiger partial charge is 0.455 e. The summed E-state index contributed by atoms with van der Waals surface area (Å²) in [6.07, 6.45) is 0. The lowest BCUT2D eigenvalue weighted by atomic mass is 9.71. The molecule has 0 aliphatic rings. The highest BCUT2D eigenvalue weighted by molar-refractivity contribution is 7.26. The molecule has 12 radical (unpaired) electrons. The first kappa shape index (κ1) is 37.7. The van der Waals surface area contributed by atoms with Gasteiger partial charge in [0.2, 0.25) is 0 Å². The average Bonchev–Trinajstić information content (AvgIpc) is 4.01. The Balaban J connectivity index is 1.17. The van der Waals surface area contributed by atoms with E-state index in [0.29, 0.717) is 83.2 Å². The van der Waals surface area contributed by atoms with Gasteiger partial charge in [-0.2, -0.15) is 0 Å². The molecule has 12 rings (SSSR count). The Bertz CT molecular complexity index is 3750. The third-order valence-corrected chi connectivity index (χ3v) is 13.1. The number of aromatic nitrogens is 4. The van der Waals surface area contributed by atoms with Crippen molar-refractivity contribution in [1.82, 2.24) is 19.5 Å². The van der Waals surface area contributed by atoms with E-state index in [9.17, 15) is 0 Å². The van der Waals surface area contributed by atoms with E-state index in [2.05, 4.69) is 60.7 Å². The molecule has 12 aromatic rings. The van der Waals surface area contributed by atoms with Gasteiger partial charge >= 0.3 is 0 Å². The molecule has 0 atom stereocenters. The maximum atomic E-state index is 7.03. The second kappa shape index (κ2) is 14.3. The molecular weight excluding hydrogens is 782 g/mol. The van der Waals surface area contributed by atoms with Crippen molar-refractivity contribution in [3.05, 3.63) is 146 Å². The van der Waals surface area contributed by atoms with Crippen LogP contribution in [0.3, 0.4) is 0 Å². The molecule has 8 aromatic carbocycles. The van der Waals surface area contributed by atoms with E-state index in [1.165, 1.54) is 4.70 Å². The summed E-state index contributed by atoms with van der Waals surface area (Å²) in [6, 6.07) is 48.3. The molecule has 4 heterocycles. The van der Waals surface area contributed by atoms with Crippen LogP contribution >= 0.6 is 11.3 Å². The number of nitrogens with zero attached hydrogens (tertiary/aromatic N) is 4. The summed E-state index contributed by atoms with van der Waals surface area (Å²) < 4.78 is 11.4. The van der Waals surface area contributed by atoms with Crippen LogP contribution in [0.15, 0.2) is 150 Å². The van der Waals surface area contributed by atoms with Crippen LogP contribution in [0.2, 0.25) is 0 Å². The van der Waals surface area contributed by atoms with Gasteiger partial charge in [0.1, 0.15) is 58.2 Å². The topological polar surface area (TPSA) is 56.7 Å². The number of thiophene rings is 1. The SMILES string of the molecule is [B]c1cc([B])c2c(c1[B])c1c([B])c([B])cc([B])c1n2-c1cc(-c2cccc3sc4ccccc4c23)c2oc3cc(-c4nc(-c5ccccc5)nc(-c5ccccc5)n4)ccc3c2c1. The Morgan fingerprint density at radius 2 is 1.00 bits per heavy atom. The van der Waals surface area contributed by atoms with Crippen LogP contribution in [-0.4, -0.2) is 66.6 Å². The Labute approximate surface area is 373 Å². The van der Waals surface area contributed by atoms with Crippen molar-refractivity contribution >= 4 is 155 Å². The zero-order chi connectivity index (χ0) is 42.7. The van der Waals surface area contributed by atoms with Gasteiger partial charge in [-0.15, -0.1) is 22.3 Å². The molecule has 5 nitrogen and oxygen atoms in total. The van der Waals surface area contributed by atoms with Crippen molar-refractivity contribution < 1.29 is 4.42 Å². The van der Waals surface area contributed by atoms with Crippen LogP contribution in [0, 0.1) is 0 Å². The van der Waals surface area contributed by atoms with E-state index in [0.717, 1.165) is 59.7 Å². The van der Waals surface area contributed by atoms with E-state index < -0.39 is 0 Å². The monoisotopic (exact) mass is 806 g/mol. The Hall–Kier alpha value is -7.02. The molecule has 12 heteroatoms. The number of benzene rings is 8. The van der Waals surface area contributed by atoms with E-state index in [-0.39, 0.29) is 0 Å². The van der Waals surface area contributed by atoms with Gasteiger partial charge in [-0.3, -0.25) is 0 Å². The second-order valence-corrected chi connectivity index (χ2v) is 16.8. The summed E-state index contributed by atoms with van der Waals surface area (Å²) >= 11 is 1.76. The van der Waals surface area contributed by atoms with Crippen LogP contribution in [0.25, 0.3) is 115 Å². The van der Waals surface area contributed by atoms with Gasteiger partial charge in [-0.05, 0) is 52.7 Å². The third-order valence-electron chi connectivity index (χ3n) is 12.0. The maximum Gasteiger partial charge on any atom is 0.164 e. The summed E-state index contributed by atoms with van der Waals surface area (Å²) in [5.74, 6) is 1.66. The normalized spacial score (nSPS) is 11.9. The molecule has 0 saturated heterocycles. The quantitative estimate of drug-likeness (QED) is 0.183. The minimum Gasteiger partial charge on any atom is -0.455 e. The molecular formula is C51H24B6N4OS. The van der Waals surface area contributed by atoms with Gasteiger partial charge < -0.3 is 8.98 Å². The van der Waals surface area contributed by atoms with Crippen molar-refractivity contribution in [3.63, 3.8) is 0 Å². The smallest absolute Gasteiger partial charge is 0.164 e. The summed E-state index contributed by atoms with van der Waals surface area (Å²) in [5.41, 5.74) is 9.87. The van der Waals surface area contributed by atoms with E-state index in [4.69, 9.17) is 66.4 Å². The molecule has 278 valence electrons. The lowest BCUT2D eigenvalue weighted by Crippen LogP contribution is -2.33. The zero-order valence-electron chi connectivity index (χ0n) is 33.4. The molecule has 0 N–H and O–H groups in total. The first-order valence-corrected chi connectivity index (χ1v) is 21.1. The molecule has 0 amide bonds. The van der Waals surface area contributed by atoms with Crippen molar-refractivity contribution in [3.8, 4) is 51.0 Å². The summed E-state index contributed by atoms with van der Waals surface area (Å²) in [5, 5.41) is 5.19. The predicted molar refractivity (Wildman–Crippen MR) is 268 cm³/mol. The molecule has 0 saturated carbocycles. The lowest BCUT2D eigenvalue weighted by molar-refractivity contribution is 0.670. The standard InChI is InChI=1S/C51H24B6N4OS/c52-34-23-36(54)46-42(44(34)56)43-45(57)35(53)24-37(55)47(43)61(46)28-21-32-29-19-18-27(51-59-49(25-10-3-1-4-11-25)58-50(60-51)26-12-5-2-6-13-26)20-38(29)62-48(32)33(22-28)30-15-9-17-40-41(30)31-14-7-8-16-39(31)63-40/h1-24H. The van der Waals surface area contributed by atoms with Crippen molar-refractivity contribution in [2.45, 2.75) is 0 Å². The molecule has 0 spiro atoms. The Kier molecular flexibility index (Phi) is 8.54. The van der Waals surface area contributed by atoms with Gasteiger partial charge in [0.15, 0.2) is 17.5 Å². The number of fused-ring (bicyclic) bond motifs is 9. The molecule has 4 aromatic heterocycles. The van der Waals surface area contributed by atoms with Crippen LogP contribution < -0.4 is 32.8 Å². The number of rotatable bonds is 5. The maximum absolute atomic E-state index is 7.03. The highest BCUT2D eigenvalue weighted by Crippen LogP contribution is 2.45. The summed E-state index contributed by atoms with van der Waals surface area (Å²) in [6.45, 7) is 0. The van der Waals surface area contributed by atoms with E-state index in [1.54, 1.807) is 23.5 Å². The number of hydrogen-bond acceptors (Lipinski definition) is 5. The molecule has 63 heavy (non-hydrogen) atoms. The van der Waals surface area contributed by atoms with E-state index >= 15 is 0 Å². The number of hydrogen-bond donors (Lipinski definition) is 0. The Morgan fingerprint density at radius 3 is 1.63 bits per heavy atom.